The normalized spacial score (nSPS) is 12.2. The molecule has 0 radical (unpaired) electrons. The molecule has 1 aromatic heterocycles. The van der Waals surface area contributed by atoms with Gasteiger partial charge in [-0.2, -0.15) is 0 Å². The summed E-state index contributed by atoms with van der Waals surface area (Å²) in [7, 11) is 0. The fourth-order valence-corrected chi connectivity index (χ4v) is 2.82. The van der Waals surface area contributed by atoms with Crippen molar-refractivity contribution < 1.29 is 19.5 Å². The Kier molecular flexibility index (Phi) is 6.63. The van der Waals surface area contributed by atoms with Crippen molar-refractivity contribution in [3.8, 4) is 0 Å². The first-order valence-electron chi connectivity index (χ1n) is 8.30. The van der Waals surface area contributed by atoms with Gasteiger partial charge in [-0.3, -0.25) is 9.59 Å². The molecule has 0 aliphatic carbocycles. The molecule has 140 valence electrons. The minimum atomic E-state index is -1.09. The number of hydrogen-bond donors (Lipinski definition) is 4. The lowest BCUT2D eigenvalue weighted by molar-refractivity contribution is -0.142. The standard InChI is InChI=1S/C18H22ClN3O4/c1-10(2)5-15(18(25)26)22-17(24)9-21-16(23)6-11-8-20-14-4-3-12(19)7-13(11)14/h3-4,7-8,10,15,20H,5-6,9H2,1-2H3,(H,21,23)(H,22,24)(H,25,26)/t15-/m0/s1. The van der Waals surface area contributed by atoms with Crippen molar-refractivity contribution in [1.82, 2.24) is 15.6 Å². The topological polar surface area (TPSA) is 111 Å². The van der Waals surface area contributed by atoms with Crippen LogP contribution < -0.4 is 10.6 Å². The van der Waals surface area contributed by atoms with Gasteiger partial charge in [0.05, 0.1) is 13.0 Å². The van der Waals surface area contributed by atoms with Crippen molar-refractivity contribution in [3.05, 3.63) is 35.0 Å². The Labute approximate surface area is 156 Å². The van der Waals surface area contributed by atoms with E-state index in [1.165, 1.54) is 0 Å². The number of amides is 2. The Balaban J connectivity index is 1.88. The van der Waals surface area contributed by atoms with Crippen LogP contribution in [0.1, 0.15) is 25.8 Å². The van der Waals surface area contributed by atoms with Gasteiger partial charge in [0, 0.05) is 22.1 Å². The lowest BCUT2D eigenvalue weighted by Gasteiger charge is -2.16. The molecule has 0 spiro atoms. The number of rotatable bonds is 8. The molecular weight excluding hydrogens is 358 g/mol. The Morgan fingerprint density at radius 3 is 2.62 bits per heavy atom. The summed E-state index contributed by atoms with van der Waals surface area (Å²) in [4.78, 5) is 38.2. The fraction of sp³-hybridized carbons (Fsp3) is 0.389. The van der Waals surface area contributed by atoms with Gasteiger partial charge in [0.15, 0.2) is 0 Å². The minimum Gasteiger partial charge on any atom is -0.480 e. The zero-order chi connectivity index (χ0) is 19.3. The highest BCUT2D eigenvalue weighted by molar-refractivity contribution is 6.31. The van der Waals surface area contributed by atoms with Crippen LogP contribution in [0.25, 0.3) is 10.9 Å². The van der Waals surface area contributed by atoms with E-state index in [0.29, 0.717) is 11.4 Å². The Bertz CT molecular complexity index is 816. The van der Waals surface area contributed by atoms with E-state index in [2.05, 4.69) is 15.6 Å². The van der Waals surface area contributed by atoms with Gasteiger partial charge in [-0.05, 0) is 36.1 Å². The zero-order valence-electron chi connectivity index (χ0n) is 14.6. The second-order valence-corrected chi connectivity index (χ2v) is 6.98. The SMILES string of the molecule is CC(C)C[C@H](NC(=O)CNC(=O)Cc1c[nH]c2ccc(Cl)cc12)C(=O)O. The van der Waals surface area contributed by atoms with Crippen LogP contribution in [-0.2, 0) is 20.8 Å². The summed E-state index contributed by atoms with van der Waals surface area (Å²) in [5.41, 5.74) is 1.64. The maximum absolute atomic E-state index is 12.1. The molecule has 7 nitrogen and oxygen atoms in total. The van der Waals surface area contributed by atoms with E-state index >= 15 is 0 Å². The Morgan fingerprint density at radius 2 is 1.96 bits per heavy atom. The Hall–Kier alpha value is -2.54. The van der Waals surface area contributed by atoms with Gasteiger partial charge >= 0.3 is 5.97 Å². The quantitative estimate of drug-likeness (QED) is 0.562. The molecule has 0 fully saturated rings. The number of carboxylic acid groups (broad SMARTS) is 1. The number of aromatic amines is 1. The first-order chi connectivity index (χ1) is 12.3. The van der Waals surface area contributed by atoms with Gasteiger partial charge in [-0.1, -0.05) is 25.4 Å². The smallest absolute Gasteiger partial charge is 0.326 e. The van der Waals surface area contributed by atoms with Gasteiger partial charge in [-0.15, -0.1) is 0 Å². The first-order valence-corrected chi connectivity index (χ1v) is 8.68. The monoisotopic (exact) mass is 379 g/mol. The number of aromatic nitrogens is 1. The van der Waals surface area contributed by atoms with Crippen LogP contribution in [0, 0.1) is 5.92 Å². The molecule has 0 saturated carbocycles. The van der Waals surface area contributed by atoms with E-state index in [9.17, 15) is 14.4 Å². The highest BCUT2D eigenvalue weighted by atomic mass is 35.5. The van der Waals surface area contributed by atoms with Crippen molar-refractivity contribution in [3.63, 3.8) is 0 Å². The minimum absolute atomic E-state index is 0.0853. The van der Waals surface area contributed by atoms with Crippen LogP contribution in [0.4, 0.5) is 0 Å². The van der Waals surface area contributed by atoms with E-state index in [-0.39, 0.29) is 24.8 Å². The van der Waals surface area contributed by atoms with E-state index < -0.39 is 17.9 Å². The molecule has 1 heterocycles. The molecule has 26 heavy (non-hydrogen) atoms. The number of halogens is 1. The van der Waals surface area contributed by atoms with E-state index in [1.54, 1.807) is 18.3 Å². The third-order valence-electron chi connectivity index (χ3n) is 3.87. The molecule has 4 N–H and O–H groups in total. The molecule has 8 heteroatoms. The number of aliphatic carboxylic acids is 1. The van der Waals surface area contributed by atoms with Gasteiger partial charge < -0.3 is 20.7 Å². The van der Waals surface area contributed by atoms with E-state index in [1.807, 2.05) is 19.9 Å². The fourth-order valence-electron chi connectivity index (χ4n) is 2.65. The van der Waals surface area contributed by atoms with Crippen LogP contribution in [0.15, 0.2) is 24.4 Å². The second kappa shape index (κ2) is 8.71. The molecule has 2 amide bonds. The van der Waals surface area contributed by atoms with E-state index in [0.717, 1.165) is 16.5 Å². The molecule has 0 bridgehead atoms. The highest BCUT2D eigenvalue weighted by Crippen LogP contribution is 2.22. The number of fused-ring (bicyclic) bond motifs is 1. The first kappa shape index (κ1) is 19.8. The predicted octanol–water partition coefficient (Wildman–Crippen LogP) is 2.10. The number of carbonyl (C=O) groups excluding carboxylic acids is 2. The molecule has 0 unspecified atom stereocenters. The van der Waals surface area contributed by atoms with Crippen LogP contribution in [0.5, 0.6) is 0 Å². The van der Waals surface area contributed by atoms with Gasteiger partial charge in [0.2, 0.25) is 11.8 Å². The summed E-state index contributed by atoms with van der Waals surface area (Å²) in [5, 5.41) is 15.5. The lowest BCUT2D eigenvalue weighted by atomic mass is 10.0. The number of benzene rings is 1. The third kappa shape index (κ3) is 5.49. The Morgan fingerprint density at radius 1 is 1.23 bits per heavy atom. The average Bonchev–Trinajstić information content (AvgIpc) is 2.94. The predicted molar refractivity (Wildman–Crippen MR) is 99.0 cm³/mol. The van der Waals surface area contributed by atoms with Crippen molar-refractivity contribution in [1.29, 1.82) is 0 Å². The summed E-state index contributed by atoms with van der Waals surface area (Å²) in [6.45, 7) is 3.47. The summed E-state index contributed by atoms with van der Waals surface area (Å²) >= 11 is 5.98. The molecule has 0 aliphatic rings. The summed E-state index contributed by atoms with van der Waals surface area (Å²) in [5.74, 6) is -1.83. The maximum Gasteiger partial charge on any atom is 0.326 e. The molecular formula is C18H22ClN3O4. The number of carbonyl (C=O) groups is 3. The van der Waals surface area contributed by atoms with Crippen molar-refractivity contribution in [2.24, 2.45) is 5.92 Å². The number of H-pyrrole nitrogens is 1. The third-order valence-corrected chi connectivity index (χ3v) is 4.10. The van der Waals surface area contributed by atoms with Crippen LogP contribution >= 0.6 is 11.6 Å². The van der Waals surface area contributed by atoms with Crippen molar-refractivity contribution >= 4 is 40.3 Å². The highest BCUT2D eigenvalue weighted by Gasteiger charge is 2.21. The van der Waals surface area contributed by atoms with Crippen molar-refractivity contribution in [2.75, 3.05) is 6.54 Å². The number of nitrogens with one attached hydrogen (secondary N) is 3. The second-order valence-electron chi connectivity index (χ2n) is 6.55. The molecule has 1 aromatic carbocycles. The molecule has 0 aliphatic heterocycles. The number of hydrogen-bond acceptors (Lipinski definition) is 3. The molecule has 0 saturated heterocycles. The molecule has 1 atom stereocenters. The maximum atomic E-state index is 12.1. The van der Waals surface area contributed by atoms with Crippen LogP contribution in [0.2, 0.25) is 5.02 Å². The van der Waals surface area contributed by atoms with Gasteiger partial charge in [0.1, 0.15) is 6.04 Å². The van der Waals surface area contributed by atoms with Gasteiger partial charge in [0.25, 0.3) is 0 Å². The number of carboxylic acids is 1. The van der Waals surface area contributed by atoms with Gasteiger partial charge in [-0.25, -0.2) is 4.79 Å². The largest absolute Gasteiger partial charge is 0.480 e. The summed E-state index contributed by atoms with van der Waals surface area (Å²) in [6.07, 6.45) is 2.14. The van der Waals surface area contributed by atoms with Crippen LogP contribution in [-0.4, -0.2) is 40.5 Å². The average molecular weight is 380 g/mol. The molecule has 2 aromatic rings. The summed E-state index contributed by atoms with van der Waals surface area (Å²) in [6, 6.07) is 4.39. The molecule has 2 rings (SSSR count). The van der Waals surface area contributed by atoms with Crippen molar-refractivity contribution in [2.45, 2.75) is 32.7 Å². The van der Waals surface area contributed by atoms with Crippen LogP contribution in [0.3, 0.4) is 0 Å². The zero-order valence-corrected chi connectivity index (χ0v) is 15.4. The summed E-state index contributed by atoms with van der Waals surface area (Å²) < 4.78 is 0. The van der Waals surface area contributed by atoms with E-state index in [4.69, 9.17) is 16.7 Å². The lowest BCUT2D eigenvalue weighted by Crippen LogP contribution is -2.46.